The van der Waals surface area contributed by atoms with E-state index < -0.39 is 0 Å². The molecular formula is C22H17N3O3S2. The van der Waals surface area contributed by atoms with E-state index in [0.29, 0.717) is 23.5 Å². The molecule has 3 heterocycles. The molecule has 0 saturated heterocycles. The molecule has 0 N–H and O–H groups in total. The Kier molecular flexibility index (Phi) is 5.25. The predicted molar refractivity (Wildman–Crippen MR) is 117 cm³/mol. The standard InChI is InChI=1S/C22H17N3O3S2/c26-20(14-30-22-24-23-21(28-22)19-11-6-12-29-19)25-16-9-4-5-10-18(16)27-13-17(25)15-7-2-1-3-8-15/h1-12,17H,13-14H2/t17-/m1/s1. The number of thiophene rings is 1. The van der Waals surface area contributed by atoms with Crippen molar-refractivity contribution in [1.29, 1.82) is 0 Å². The number of ether oxygens (including phenoxy) is 1. The van der Waals surface area contributed by atoms with Gasteiger partial charge in [-0.25, -0.2) is 0 Å². The first-order chi connectivity index (χ1) is 14.8. The number of fused-ring (bicyclic) bond motifs is 1. The minimum absolute atomic E-state index is 0.0412. The van der Waals surface area contributed by atoms with Crippen molar-refractivity contribution < 1.29 is 13.9 Å². The van der Waals surface area contributed by atoms with Crippen LogP contribution in [0, 0.1) is 0 Å². The Hall–Kier alpha value is -3.10. The minimum Gasteiger partial charge on any atom is -0.489 e. The molecule has 1 aliphatic rings. The third-order valence-corrected chi connectivity index (χ3v) is 6.40. The zero-order chi connectivity index (χ0) is 20.3. The van der Waals surface area contributed by atoms with Gasteiger partial charge in [0.15, 0.2) is 0 Å². The molecule has 150 valence electrons. The van der Waals surface area contributed by atoms with Crippen molar-refractivity contribution >= 4 is 34.7 Å². The summed E-state index contributed by atoms with van der Waals surface area (Å²) in [5, 5.41) is 10.5. The molecule has 1 aliphatic heterocycles. The van der Waals surface area contributed by atoms with Gasteiger partial charge in [-0.2, -0.15) is 0 Å². The van der Waals surface area contributed by atoms with Gasteiger partial charge in [0.25, 0.3) is 11.1 Å². The number of rotatable bonds is 5. The van der Waals surface area contributed by atoms with Crippen LogP contribution in [-0.2, 0) is 4.79 Å². The first-order valence-corrected chi connectivity index (χ1v) is 11.2. The van der Waals surface area contributed by atoms with Crippen LogP contribution in [0.15, 0.2) is 81.8 Å². The van der Waals surface area contributed by atoms with Gasteiger partial charge >= 0.3 is 0 Å². The average Bonchev–Trinajstić information content (AvgIpc) is 3.49. The number of thioether (sulfide) groups is 1. The maximum Gasteiger partial charge on any atom is 0.277 e. The summed E-state index contributed by atoms with van der Waals surface area (Å²) < 4.78 is 11.6. The predicted octanol–water partition coefficient (Wildman–Crippen LogP) is 5.06. The van der Waals surface area contributed by atoms with E-state index in [9.17, 15) is 4.79 Å². The Morgan fingerprint density at radius 3 is 2.73 bits per heavy atom. The zero-order valence-corrected chi connectivity index (χ0v) is 17.4. The lowest BCUT2D eigenvalue weighted by molar-refractivity contribution is -0.117. The van der Waals surface area contributed by atoms with Crippen molar-refractivity contribution in [3.05, 3.63) is 77.7 Å². The maximum absolute atomic E-state index is 13.3. The van der Waals surface area contributed by atoms with Crippen molar-refractivity contribution in [3.8, 4) is 16.5 Å². The van der Waals surface area contributed by atoms with Gasteiger partial charge in [0.05, 0.1) is 22.4 Å². The highest BCUT2D eigenvalue weighted by atomic mass is 32.2. The number of hydrogen-bond acceptors (Lipinski definition) is 7. The molecule has 8 heteroatoms. The van der Waals surface area contributed by atoms with E-state index in [-0.39, 0.29) is 17.7 Å². The fourth-order valence-corrected chi connectivity index (χ4v) is 4.65. The van der Waals surface area contributed by atoms with Crippen molar-refractivity contribution in [2.24, 2.45) is 0 Å². The average molecular weight is 436 g/mol. The van der Waals surface area contributed by atoms with Gasteiger partial charge in [0, 0.05) is 0 Å². The number of aromatic nitrogens is 2. The number of carbonyl (C=O) groups is 1. The lowest BCUT2D eigenvalue weighted by Crippen LogP contribution is -2.42. The second kappa shape index (κ2) is 8.33. The summed E-state index contributed by atoms with van der Waals surface area (Å²) >= 11 is 2.78. The molecule has 5 rings (SSSR count). The molecule has 1 amide bonds. The summed E-state index contributed by atoms with van der Waals surface area (Å²) in [4.78, 5) is 16.0. The Bertz CT molecular complexity index is 1150. The van der Waals surface area contributed by atoms with Gasteiger partial charge in [0.1, 0.15) is 12.4 Å². The van der Waals surface area contributed by atoms with Crippen molar-refractivity contribution in [3.63, 3.8) is 0 Å². The van der Waals surface area contributed by atoms with E-state index in [4.69, 9.17) is 9.15 Å². The van der Waals surface area contributed by atoms with Gasteiger partial charge in [-0.3, -0.25) is 9.69 Å². The lowest BCUT2D eigenvalue weighted by atomic mass is 10.0. The van der Waals surface area contributed by atoms with Crippen LogP contribution in [0.1, 0.15) is 11.6 Å². The van der Waals surface area contributed by atoms with Crippen molar-refractivity contribution in [1.82, 2.24) is 10.2 Å². The number of benzene rings is 2. The van der Waals surface area contributed by atoms with E-state index in [0.717, 1.165) is 16.1 Å². The molecule has 30 heavy (non-hydrogen) atoms. The van der Waals surface area contributed by atoms with Crippen LogP contribution in [0.3, 0.4) is 0 Å². The van der Waals surface area contributed by atoms with Crippen molar-refractivity contribution in [2.75, 3.05) is 17.3 Å². The van der Waals surface area contributed by atoms with E-state index in [1.165, 1.54) is 23.1 Å². The van der Waals surface area contributed by atoms with Crippen LogP contribution < -0.4 is 9.64 Å². The molecule has 0 saturated carbocycles. The monoisotopic (exact) mass is 435 g/mol. The van der Waals surface area contributed by atoms with E-state index in [1.54, 1.807) is 0 Å². The molecule has 0 fully saturated rings. The SMILES string of the molecule is O=C(CSc1nnc(-c2cccs2)o1)N1c2ccccc2OC[C@@H]1c1ccccc1. The number of nitrogens with zero attached hydrogens (tertiary/aromatic N) is 3. The van der Waals surface area contributed by atoms with E-state index >= 15 is 0 Å². The minimum atomic E-state index is -0.196. The molecule has 0 spiro atoms. The quantitative estimate of drug-likeness (QED) is 0.408. The number of amides is 1. The molecule has 0 radical (unpaired) electrons. The molecule has 1 atom stereocenters. The fourth-order valence-electron chi connectivity index (χ4n) is 3.38. The van der Waals surface area contributed by atoms with Gasteiger partial charge in [-0.15, -0.1) is 21.5 Å². The summed E-state index contributed by atoms with van der Waals surface area (Å²) in [7, 11) is 0. The smallest absolute Gasteiger partial charge is 0.277 e. The molecule has 2 aromatic heterocycles. The van der Waals surface area contributed by atoms with Crippen molar-refractivity contribution in [2.45, 2.75) is 11.3 Å². The molecule has 6 nitrogen and oxygen atoms in total. The van der Waals surface area contributed by atoms with Crippen LogP contribution in [0.4, 0.5) is 5.69 Å². The second-order valence-corrected chi connectivity index (χ2v) is 8.48. The van der Waals surface area contributed by atoms with E-state index in [2.05, 4.69) is 10.2 Å². The molecule has 2 aromatic carbocycles. The first kappa shape index (κ1) is 18.9. The summed E-state index contributed by atoms with van der Waals surface area (Å²) in [5.41, 5.74) is 1.80. The summed E-state index contributed by atoms with van der Waals surface area (Å²) in [6, 6.07) is 21.2. The Balaban J connectivity index is 1.38. The van der Waals surface area contributed by atoms with Gasteiger partial charge in [-0.1, -0.05) is 60.3 Å². The van der Waals surface area contributed by atoms with Gasteiger partial charge in [0.2, 0.25) is 5.91 Å². The van der Waals surface area contributed by atoms with Crippen LogP contribution in [0.25, 0.3) is 10.8 Å². The van der Waals surface area contributed by atoms with E-state index in [1.807, 2.05) is 77.0 Å². The molecular weight excluding hydrogens is 418 g/mol. The topological polar surface area (TPSA) is 68.5 Å². The summed E-state index contributed by atoms with van der Waals surface area (Å²) in [5.74, 6) is 1.32. The third kappa shape index (κ3) is 3.71. The second-order valence-electron chi connectivity index (χ2n) is 6.61. The van der Waals surface area contributed by atoms with Crippen LogP contribution in [-0.4, -0.2) is 28.5 Å². The molecule has 4 aromatic rings. The lowest BCUT2D eigenvalue weighted by Gasteiger charge is -2.37. The Morgan fingerprint density at radius 2 is 1.90 bits per heavy atom. The zero-order valence-electron chi connectivity index (χ0n) is 15.8. The summed E-state index contributed by atoms with van der Waals surface area (Å²) in [6.07, 6.45) is 0. The maximum atomic E-state index is 13.3. The highest BCUT2D eigenvalue weighted by Gasteiger charge is 2.33. The Morgan fingerprint density at radius 1 is 1.07 bits per heavy atom. The third-order valence-electron chi connectivity index (χ3n) is 4.74. The van der Waals surface area contributed by atoms with Gasteiger partial charge < -0.3 is 9.15 Å². The molecule has 0 bridgehead atoms. The number of hydrogen-bond donors (Lipinski definition) is 0. The highest BCUT2D eigenvalue weighted by Crippen LogP contribution is 2.40. The number of para-hydroxylation sites is 2. The van der Waals surface area contributed by atoms with Crippen LogP contribution in [0.2, 0.25) is 0 Å². The molecule has 0 unspecified atom stereocenters. The van der Waals surface area contributed by atoms with Gasteiger partial charge in [-0.05, 0) is 29.1 Å². The number of carbonyl (C=O) groups excluding carboxylic acids is 1. The molecule has 0 aliphatic carbocycles. The van der Waals surface area contributed by atoms with Crippen LogP contribution >= 0.6 is 23.1 Å². The Labute approximate surface area is 181 Å². The summed E-state index contributed by atoms with van der Waals surface area (Å²) in [6.45, 7) is 0.403. The normalized spacial score (nSPS) is 15.5. The highest BCUT2D eigenvalue weighted by molar-refractivity contribution is 7.99. The largest absolute Gasteiger partial charge is 0.489 e. The van der Waals surface area contributed by atoms with Crippen LogP contribution in [0.5, 0.6) is 5.75 Å². The fraction of sp³-hybridized carbons (Fsp3) is 0.136. The first-order valence-electron chi connectivity index (χ1n) is 9.38. The number of anilines is 1.